The molecule has 0 bridgehead atoms. The van der Waals surface area contributed by atoms with Crippen molar-refractivity contribution in [1.82, 2.24) is 10.3 Å². The van der Waals surface area contributed by atoms with Gasteiger partial charge in [0.1, 0.15) is 10.8 Å². The molecular weight excluding hydrogens is 276 g/mol. The molecule has 0 aliphatic carbocycles. The van der Waals surface area contributed by atoms with Gasteiger partial charge in [-0.1, -0.05) is 12.2 Å². The van der Waals surface area contributed by atoms with Crippen molar-refractivity contribution < 1.29 is 0 Å². The second-order valence-corrected chi connectivity index (χ2v) is 4.35. The molecule has 15 heavy (non-hydrogen) atoms. The van der Waals surface area contributed by atoms with Crippen molar-refractivity contribution in [3.63, 3.8) is 0 Å². The number of nitrogens with zero attached hydrogens (tertiary/aromatic N) is 2. The van der Waals surface area contributed by atoms with Gasteiger partial charge in [-0.2, -0.15) is 0 Å². The number of thiocarbonyl (C=S) groups is 1. The maximum Gasteiger partial charge on any atom is 0.150 e. The first kappa shape index (κ1) is 10.7. The average molecular weight is 285 g/mol. The van der Waals surface area contributed by atoms with Crippen molar-refractivity contribution in [1.29, 1.82) is 0 Å². The van der Waals surface area contributed by atoms with Crippen molar-refractivity contribution in [2.45, 2.75) is 6.17 Å². The quantitative estimate of drug-likeness (QED) is 0.810. The van der Waals surface area contributed by atoms with Gasteiger partial charge in [0.25, 0.3) is 0 Å². The van der Waals surface area contributed by atoms with E-state index in [1.807, 2.05) is 18.3 Å². The van der Waals surface area contributed by atoms with E-state index in [0.717, 1.165) is 16.8 Å². The first-order valence-electron chi connectivity index (χ1n) is 4.43. The van der Waals surface area contributed by atoms with Gasteiger partial charge >= 0.3 is 0 Å². The Kier molecular flexibility index (Phi) is 3.40. The lowest BCUT2D eigenvalue weighted by Gasteiger charge is -2.11. The van der Waals surface area contributed by atoms with Gasteiger partial charge in [0.15, 0.2) is 6.17 Å². The van der Waals surface area contributed by atoms with E-state index in [0.29, 0.717) is 4.99 Å². The largest absolute Gasteiger partial charge is 0.332 e. The number of hydrogen-bond acceptors (Lipinski definition) is 4. The summed E-state index contributed by atoms with van der Waals surface area (Å²) in [5.41, 5.74) is 0. The van der Waals surface area contributed by atoms with Gasteiger partial charge in [-0.3, -0.25) is 10.3 Å². The van der Waals surface area contributed by atoms with Crippen LogP contribution in [0.25, 0.3) is 0 Å². The van der Waals surface area contributed by atoms with Gasteiger partial charge in [-0.25, -0.2) is 4.98 Å². The molecule has 0 amide bonds. The Labute approximate surface area is 101 Å². The van der Waals surface area contributed by atoms with Gasteiger partial charge < -0.3 is 5.32 Å². The minimum absolute atomic E-state index is 0.120. The van der Waals surface area contributed by atoms with Gasteiger partial charge in [0, 0.05) is 23.4 Å². The van der Waals surface area contributed by atoms with Gasteiger partial charge in [-0.15, -0.1) is 0 Å². The van der Waals surface area contributed by atoms with Crippen molar-refractivity contribution in [3.8, 4) is 0 Å². The molecule has 1 unspecified atom stereocenters. The van der Waals surface area contributed by atoms with Gasteiger partial charge in [0.05, 0.1) is 0 Å². The second kappa shape index (κ2) is 4.78. The number of aromatic nitrogens is 1. The topological polar surface area (TPSA) is 49.3 Å². The van der Waals surface area contributed by atoms with Crippen molar-refractivity contribution in [2.75, 3.05) is 11.9 Å². The molecule has 1 atom stereocenters. The van der Waals surface area contributed by atoms with E-state index < -0.39 is 0 Å². The molecule has 78 valence electrons. The molecule has 1 aliphatic heterocycles. The summed E-state index contributed by atoms with van der Waals surface area (Å²) >= 11 is 8.51. The molecule has 0 spiro atoms. The second-order valence-electron chi connectivity index (χ2n) is 2.99. The summed E-state index contributed by atoms with van der Waals surface area (Å²) in [7, 11) is 0. The maximum absolute atomic E-state index is 5.19. The highest BCUT2D eigenvalue weighted by Gasteiger charge is 2.14. The summed E-state index contributed by atoms with van der Waals surface area (Å²) in [6.45, 7) is 0.764. The number of pyridine rings is 1. The predicted octanol–water partition coefficient (Wildman–Crippen LogP) is 1.58. The minimum atomic E-state index is -0.120. The molecule has 1 aromatic heterocycles. The molecule has 1 aromatic rings. The summed E-state index contributed by atoms with van der Waals surface area (Å²) in [6.07, 6.45) is 3.41. The Hall–Kier alpha value is -0.850. The zero-order chi connectivity index (χ0) is 10.7. The van der Waals surface area contributed by atoms with Gasteiger partial charge in [-0.05, 0) is 28.1 Å². The maximum atomic E-state index is 5.19. The third kappa shape index (κ3) is 2.80. The smallest absolute Gasteiger partial charge is 0.150 e. The van der Waals surface area contributed by atoms with Crippen molar-refractivity contribution in [3.05, 3.63) is 22.8 Å². The molecule has 6 heteroatoms. The fourth-order valence-electron chi connectivity index (χ4n) is 1.18. The molecule has 0 radical (unpaired) electrons. The highest BCUT2D eigenvalue weighted by atomic mass is 79.9. The number of nitrogens with one attached hydrogen (secondary N) is 2. The third-order valence-corrected chi connectivity index (χ3v) is 2.68. The van der Waals surface area contributed by atoms with Crippen LogP contribution in [0.3, 0.4) is 0 Å². The Balaban J connectivity index is 1.99. The average Bonchev–Trinajstić information content (AvgIpc) is 2.74. The minimum Gasteiger partial charge on any atom is -0.332 e. The van der Waals surface area contributed by atoms with Crippen LogP contribution < -0.4 is 10.6 Å². The van der Waals surface area contributed by atoms with Crippen LogP contribution in [0.2, 0.25) is 0 Å². The lowest BCUT2D eigenvalue weighted by molar-refractivity contribution is 0.759. The number of hydrogen-bond donors (Lipinski definition) is 2. The van der Waals surface area contributed by atoms with Crippen molar-refractivity contribution >= 4 is 45.2 Å². The predicted molar refractivity (Wildman–Crippen MR) is 68.4 cm³/mol. The number of aliphatic imine (C=N–C) groups is 1. The Morgan fingerprint density at radius 3 is 3.07 bits per heavy atom. The summed E-state index contributed by atoms with van der Waals surface area (Å²) in [4.78, 5) is 8.97. The van der Waals surface area contributed by atoms with E-state index in [9.17, 15) is 0 Å². The molecule has 2 heterocycles. The lowest BCUT2D eigenvalue weighted by Crippen LogP contribution is -2.34. The molecule has 2 rings (SSSR count). The third-order valence-electron chi connectivity index (χ3n) is 1.88. The molecular formula is C9H9BrN4S. The summed E-state index contributed by atoms with van der Waals surface area (Å²) in [5, 5.41) is 6.16. The van der Waals surface area contributed by atoms with E-state index in [4.69, 9.17) is 12.2 Å². The fraction of sp³-hybridized carbons (Fsp3) is 0.222. The van der Waals surface area contributed by atoms with Crippen LogP contribution in [0.5, 0.6) is 0 Å². The van der Waals surface area contributed by atoms with Crippen LogP contribution in [0.4, 0.5) is 5.82 Å². The Bertz CT molecular complexity index is 390. The van der Waals surface area contributed by atoms with E-state index in [1.54, 1.807) is 6.20 Å². The zero-order valence-corrected chi connectivity index (χ0v) is 10.2. The van der Waals surface area contributed by atoms with Gasteiger partial charge in [0.2, 0.25) is 0 Å². The number of rotatable bonds is 2. The number of halogens is 1. The molecule has 0 saturated carbocycles. The van der Waals surface area contributed by atoms with E-state index >= 15 is 0 Å². The standard InChI is InChI=1S/C9H9BrN4S/c10-6-1-2-7(13-5-6)14-9(15)8-11-3-4-12-8/h1-3,5,8,12H,4H2,(H,13,14,15). The van der Waals surface area contributed by atoms with Crippen LogP contribution in [0, 0.1) is 0 Å². The lowest BCUT2D eigenvalue weighted by atomic mass is 10.4. The highest BCUT2D eigenvalue weighted by molar-refractivity contribution is 9.10. The molecule has 0 fully saturated rings. The monoisotopic (exact) mass is 284 g/mol. The first-order chi connectivity index (χ1) is 7.25. The van der Waals surface area contributed by atoms with Crippen LogP contribution >= 0.6 is 28.1 Å². The SMILES string of the molecule is S=C(Nc1ccc(Br)cn1)C1N=CCN1. The van der Waals surface area contributed by atoms with E-state index in [2.05, 4.69) is 36.5 Å². The zero-order valence-electron chi connectivity index (χ0n) is 7.77. The molecule has 0 saturated heterocycles. The van der Waals surface area contributed by atoms with Crippen LogP contribution in [-0.2, 0) is 0 Å². The molecule has 2 N–H and O–H groups in total. The highest BCUT2D eigenvalue weighted by Crippen LogP contribution is 2.11. The first-order valence-corrected chi connectivity index (χ1v) is 5.63. The van der Waals surface area contributed by atoms with E-state index in [-0.39, 0.29) is 6.17 Å². The molecule has 1 aliphatic rings. The fourth-order valence-corrected chi connectivity index (χ4v) is 1.66. The molecule has 0 aromatic carbocycles. The number of anilines is 1. The summed E-state index contributed by atoms with van der Waals surface area (Å²) in [5.74, 6) is 0.729. The van der Waals surface area contributed by atoms with Crippen LogP contribution in [-0.4, -0.2) is 28.9 Å². The normalized spacial score (nSPS) is 19.1. The van der Waals surface area contributed by atoms with Crippen LogP contribution in [0.15, 0.2) is 27.8 Å². The Morgan fingerprint density at radius 2 is 2.47 bits per heavy atom. The summed E-state index contributed by atoms with van der Waals surface area (Å²) in [6, 6.07) is 3.76. The van der Waals surface area contributed by atoms with Crippen LogP contribution in [0.1, 0.15) is 0 Å². The Morgan fingerprint density at radius 1 is 1.60 bits per heavy atom. The van der Waals surface area contributed by atoms with Crippen molar-refractivity contribution in [2.24, 2.45) is 4.99 Å². The summed E-state index contributed by atoms with van der Waals surface area (Å²) < 4.78 is 0.941. The molecule has 4 nitrogen and oxygen atoms in total. The van der Waals surface area contributed by atoms with E-state index in [1.165, 1.54) is 0 Å².